The normalized spacial score (nSPS) is 14.6. The number of nitrogens with zero attached hydrogens (tertiary/aromatic N) is 3. The Hall–Kier alpha value is -3.12. The topological polar surface area (TPSA) is 54.9 Å². The summed E-state index contributed by atoms with van der Waals surface area (Å²) in [5.41, 5.74) is 3.12. The second kappa shape index (κ2) is 9.35. The summed E-state index contributed by atoms with van der Waals surface area (Å²) < 4.78 is 10.8. The molecule has 1 aliphatic rings. The van der Waals surface area contributed by atoms with Crippen LogP contribution in [0.1, 0.15) is 23.7 Å². The lowest BCUT2D eigenvalue weighted by Gasteiger charge is -2.34. The van der Waals surface area contributed by atoms with Gasteiger partial charge in [0.05, 0.1) is 31.0 Å². The van der Waals surface area contributed by atoms with Gasteiger partial charge in [0.1, 0.15) is 0 Å². The van der Waals surface area contributed by atoms with Gasteiger partial charge in [-0.25, -0.2) is 4.98 Å². The lowest BCUT2D eigenvalue weighted by atomic mass is 10.0. The summed E-state index contributed by atoms with van der Waals surface area (Å²) in [5.74, 6) is 1.36. The minimum atomic E-state index is 0.0662. The summed E-state index contributed by atoms with van der Waals surface area (Å²) in [6, 6.07) is 15.4. The second-order valence-electron chi connectivity index (χ2n) is 7.78. The maximum absolute atomic E-state index is 13.5. The number of piperazine rings is 1. The first-order chi connectivity index (χ1) is 15.1. The Bertz CT molecular complexity index is 1070. The Kier molecular flexibility index (Phi) is 6.37. The van der Waals surface area contributed by atoms with Gasteiger partial charge in [-0.2, -0.15) is 0 Å². The van der Waals surface area contributed by atoms with Gasteiger partial charge in [-0.1, -0.05) is 25.1 Å². The van der Waals surface area contributed by atoms with E-state index in [0.29, 0.717) is 17.1 Å². The molecule has 162 valence electrons. The number of benzene rings is 2. The van der Waals surface area contributed by atoms with E-state index in [-0.39, 0.29) is 5.91 Å². The molecule has 0 spiro atoms. The van der Waals surface area contributed by atoms with Crippen molar-refractivity contribution in [3.8, 4) is 22.8 Å². The van der Waals surface area contributed by atoms with E-state index >= 15 is 0 Å². The number of fused-ring (bicyclic) bond motifs is 1. The van der Waals surface area contributed by atoms with E-state index in [9.17, 15) is 4.79 Å². The van der Waals surface area contributed by atoms with E-state index in [1.165, 1.54) is 0 Å². The molecule has 6 heteroatoms. The Balaban J connectivity index is 1.72. The molecule has 1 saturated heterocycles. The van der Waals surface area contributed by atoms with Crippen molar-refractivity contribution in [2.75, 3.05) is 46.9 Å². The molecule has 2 aromatic carbocycles. The number of amides is 1. The fourth-order valence-electron chi connectivity index (χ4n) is 4.16. The molecular weight excluding hydrogens is 390 g/mol. The average Bonchev–Trinajstić information content (AvgIpc) is 2.83. The quantitative estimate of drug-likeness (QED) is 0.602. The highest BCUT2D eigenvalue weighted by atomic mass is 16.5. The Morgan fingerprint density at radius 2 is 1.71 bits per heavy atom. The number of carbonyl (C=O) groups excluding carboxylic acids is 1. The highest BCUT2D eigenvalue weighted by Crippen LogP contribution is 2.33. The molecule has 3 aromatic rings. The zero-order valence-electron chi connectivity index (χ0n) is 18.4. The van der Waals surface area contributed by atoms with Crippen molar-refractivity contribution in [3.63, 3.8) is 0 Å². The molecular formula is C25H29N3O3. The van der Waals surface area contributed by atoms with Crippen LogP contribution in [0, 0.1) is 0 Å². The largest absolute Gasteiger partial charge is 0.493 e. The summed E-state index contributed by atoms with van der Waals surface area (Å²) in [7, 11) is 3.23. The van der Waals surface area contributed by atoms with E-state index in [1.807, 2.05) is 53.4 Å². The van der Waals surface area contributed by atoms with Crippen LogP contribution in [0.5, 0.6) is 11.5 Å². The molecule has 1 fully saturated rings. The van der Waals surface area contributed by atoms with Crippen molar-refractivity contribution in [2.45, 2.75) is 13.3 Å². The number of carbonyl (C=O) groups is 1. The number of aromatic nitrogens is 1. The Morgan fingerprint density at radius 3 is 2.42 bits per heavy atom. The second-order valence-corrected chi connectivity index (χ2v) is 7.78. The zero-order valence-corrected chi connectivity index (χ0v) is 18.4. The first kappa shape index (κ1) is 21.1. The summed E-state index contributed by atoms with van der Waals surface area (Å²) in [4.78, 5) is 22.7. The van der Waals surface area contributed by atoms with E-state index in [1.54, 1.807) is 14.2 Å². The molecule has 0 unspecified atom stereocenters. The molecule has 0 saturated carbocycles. The van der Waals surface area contributed by atoms with Crippen LogP contribution in [-0.2, 0) is 0 Å². The summed E-state index contributed by atoms with van der Waals surface area (Å²) in [6.45, 7) is 6.62. The minimum Gasteiger partial charge on any atom is -0.493 e. The molecule has 6 nitrogen and oxygen atoms in total. The van der Waals surface area contributed by atoms with Gasteiger partial charge >= 0.3 is 0 Å². The maximum Gasteiger partial charge on any atom is 0.254 e. The first-order valence-corrected chi connectivity index (χ1v) is 10.8. The molecule has 31 heavy (non-hydrogen) atoms. The van der Waals surface area contributed by atoms with Gasteiger partial charge < -0.3 is 14.4 Å². The SMILES string of the molecule is CCCN1CCN(C(=O)c2cc(-c3ccc(OC)c(OC)c3)nc3ccccc23)CC1. The molecule has 0 radical (unpaired) electrons. The van der Waals surface area contributed by atoms with Gasteiger partial charge in [0.15, 0.2) is 11.5 Å². The number of para-hydroxylation sites is 1. The monoisotopic (exact) mass is 419 g/mol. The number of methoxy groups -OCH3 is 2. The van der Waals surface area contributed by atoms with Crippen LogP contribution in [0.4, 0.5) is 0 Å². The van der Waals surface area contributed by atoms with E-state index in [0.717, 1.165) is 61.3 Å². The molecule has 1 aromatic heterocycles. The highest BCUT2D eigenvalue weighted by molar-refractivity contribution is 6.07. The standard InChI is InChI=1S/C25H29N3O3/c1-4-11-27-12-14-28(15-13-27)25(29)20-17-22(26-21-8-6-5-7-19(20)21)18-9-10-23(30-2)24(16-18)31-3/h5-10,16-17H,4,11-15H2,1-3H3. The molecule has 0 bridgehead atoms. The third-order valence-corrected chi connectivity index (χ3v) is 5.83. The third-order valence-electron chi connectivity index (χ3n) is 5.83. The van der Waals surface area contributed by atoms with Crippen molar-refractivity contribution in [1.29, 1.82) is 0 Å². The summed E-state index contributed by atoms with van der Waals surface area (Å²) in [5, 5.41) is 0.882. The first-order valence-electron chi connectivity index (χ1n) is 10.8. The van der Waals surface area contributed by atoms with Crippen LogP contribution in [0.3, 0.4) is 0 Å². The molecule has 4 rings (SSSR count). The minimum absolute atomic E-state index is 0.0662. The van der Waals surface area contributed by atoms with Crippen LogP contribution in [0.25, 0.3) is 22.2 Å². The summed E-state index contributed by atoms with van der Waals surface area (Å²) in [6.07, 6.45) is 1.14. The van der Waals surface area contributed by atoms with Gasteiger partial charge in [-0.15, -0.1) is 0 Å². The molecule has 0 atom stereocenters. The van der Waals surface area contributed by atoms with Crippen molar-refractivity contribution >= 4 is 16.8 Å². The predicted octanol–water partition coefficient (Wildman–Crippen LogP) is 4.09. The van der Waals surface area contributed by atoms with Crippen molar-refractivity contribution in [2.24, 2.45) is 0 Å². The van der Waals surface area contributed by atoms with Crippen molar-refractivity contribution < 1.29 is 14.3 Å². The molecule has 2 heterocycles. The fourth-order valence-corrected chi connectivity index (χ4v) is 4.16. The van der Waals surface area contributed by atoms with Crippen LogP contribution in [-0.4, -0.2) is 67.6 Å². The highest BCUT2D eigenvalue weighted by Gasteiger charge is 2.24. The molecule has 0 N–H and O–H groups in total. The van der Waals surface area contributed by atoms with Crippen LogP contribution in [0.15, 0.2) is 48.5 Å². The summed E-state index contributed by atoms with van der Waals surface area (Å²) >= 11 is 0. The number of ether oxygens (including phenoxy) is 2. The average molecular weight is 420 g/mol. The van der Waals surface area contributed by atoms with Crippen LogP contribution < -0.4 is 9.47 Å². The van der Waals surface area contributed by atoms with Gasteiger partial charge in [0.25, 0.3) is 5.91 Å². The van der Waals surface area contributed by atoms with Gasteiger partial charge in [0, 0.05) is 37.1 Å². The van der Waals surface area contributed by atoms with Gasteiger partial charge in [-0.3, -0.25) is 9.69 Å². The van der Waals surface area contributed by atoms with Crippen molar-refractivity contribution in [3.05, 3.63) is 54.1 Å². The van der Waals surface area contributed by atoms with Gasteiger partial charge in [0.2, 0.25) is 0 Å². The number of hydrogen-bond acceptors (Lipinski definition) is 5. The third kappa shape index (κ3) is 4.35. The lowest BCUT2D eigenvalue weighted by Crippen LogP contribution is -2.48. The van der Waals surface area contributed by atoms with Crippen molar-refractivity contribution in [1.82, 2.24) is 14.8 Å². The smallest absolute Gasteiger partial charge is 0.254 e. The maximum atomic E-state index is 13.5. The molecule has 1 aliphatic heterocycles. The van der Waals surface area contributed by atoms with E-state index < -0.39 is 0 Å². The Labute approximate surface area is 183 Å². The van der Waals surface area contributed by atoms with Crippen LogP contribution in [0.2, 0.25) is 0 Å². The molecule has 1 amide bonds. The number of hydrogen-bond donors (Lipinski definition) is 0. The Morgan fingerprint density at radius 1 is 0.968 bits per heavy atom. The van der Waals surface area contributed by atoms with Gasteiger partial charge in [-0.05, 0) is 43.3 Å². The number of rotatable bonds is 6. The van der Waals surface area contributed by atoms with Crippen LogP contribution >= 0.6 is 0 Å². The predicted molar refractivity (Wildman–Crippen MR) is 123 cm³/mol. The van der Waals surface area contributed by atoms with E-state index in [2.05, 4.69) is 11.8 Å². The fraction of sp³-hybridized carbons (Fsp3) is 0.360. The zero-order chi connectivity index (χ0) is 21.8. The number of pyridine rings is 1. The molecule has 0 aliphatic carbocycles. The lowest BCUT2D eigenvalue weighted by molar-refractivity contribution is 0.0639. The van der Waals surface area contributed by atoms with E-state index in [4.69, 9.17) is 14.5 Å².